The van der Waals surface area contributed by atoms with Gasteiger partial charge in [0.15, 0.2) is 0 Å². The summed E-state index contributed by atoms with van der Waals surface area (Å²) in [5.74, 6) is 0.702. The fourth-order valence-electron chi connectivity index (χ4n) is 2.55. The number of hydrogen-bond acceptors (Lipinski definition) is 3. The highest BCUT2D eigenvalue weighted by Crippen LogP contribution is 2.32. The van der Waals surface area contributed by atoms with E-state index in [-0.39, 0.29) is 6.09 Å². The standard InChI is InChI=1S/C12H21NO3/c1-10-3-5-12(15,6-4-10)9-13-7-2-8-16-11(13)14/h10,15H,2-9H2,1H3. The van der Waals surface area contributed by atoms with Crippen LogP contribution in [-0.4, -0.2) is 41.4 Å². The average molecular weight is 227 g/mol. The Morgan fingerprint density at radius 1 is 1.50 bits per heavy atom. The summed E-state index contributed by atoms with van der Waals surface area (Å²) >= 11 is 0. The summed E-state index contributed by atoms with van der Waals surface area (Å²) in [5.41, 5.74) is -0.678. The highest BCUT2D eigenvalue weighted by molar-refractivity contribution is 5.68. The lowest BCUT2D eigenvalue weighted by Crippen LogP contribution is -2.49. The van der Waals surface area contributed by atoms with Crippen LogP contribution >= 0.6 is 0 Å². The maximum atomic E-state index is 11.5. The fraction of sp³-hybridized carbons (Fsp3) is 0.917. The highest BCUT2D eigenvalue weighted by Gasteiger charge is 2.35. The Morgan fingerprint density at radius 2 is 2.19 bits per heavy atom. The lowest BCUT2D eigenvalue weighted by Gasteiger charge is -2.39. The fourth-order valence-corrected chi connectivity index (χ4v) is 2.55. The van der Waals surface area contributed by atoms with Gasteiger partial charge in [0.05, 0.1) is 18.8 Å². The Bertz CT molecular complexity index is 259. The summed E-state index contributed by atoms with van der Waals surface area (Å²) in [4.78, 5) is 13.1. The quantitative estimate of drug-likeness (QED) is 0.782. The Labute approximate surface area is 96.6 Å². The maximum absolute atomic E-state index is 11.5. The van der Waals surface area contributed by atoms with E-state index in [1.807, 2.05) is 0 Å². The molecule has 0 radical (unpaired) electrons. The van der Waals surface area contributed by atoms with E-state index < -0.39 is 5.60 Å². The van der Waals surface area contributed by atoms with Gasteiger partial charge in [-0.25, -0.2) is 4.79 Å². The molecule has 4 heteroatoms. The van der Waals surface area contributed by atoms with Gasteiger partial charge in [0, 0.05) is 6.54 Å². The molecule has 2 aliphatic rings. The predicted molar refractivity (Wildman–Crippen MR) is 60.1 cm³/mol. The third-order valence-electron chi connectivity index (χ3n) is 3.75. The van der Waals surface area contributed by atoms with Crippen molar-refractivity contribution < 1.29 is 14.6 Å². The minimum absolute atomic E-state index is 0.265. The molecule has 16 heavy (non-hydrogen) atoms. The molecule has 1 amide bonds. The molecule has 0 atom stereocenters. The summed E-state index contributed by atoms with van der Waals surface area (Å²) in [7, 11) is 0. The average Bonchev–Trinajstić information content (AvgIpc) is 2.27. The van der Waals surface area contributed by atoms with Crippen LogP contribution in [0.1, 0.15) is 39.0 Å². The Kier molecular flexibility index (Phi) is 3.38. The van der Waals surface area contributed by atoms with E-state index in [2.05, 4.69) is 6.92 Å². The van der Waals surface area contributed by atoms with Crippen molar-refractivity contribution >= 4 is 6.09 Å². The van der Waals surface area contributed by atoms with Crippen molar-refractivity contribution in [1.82, 2.24) is 4.90 Å². The number of carbonyl (C=O) groups is 1. The largest absolute Gasteiger partial charge is 0.449 e. The molecule has 1 aliphatic heterocycles. The Balaban J connectivity index is 1.90. The zero-order valence-electron chi connectivity index (χ0n) is 9.95. The maximum Gasteiger partial charge on any atom is 0.409 e. The number of ether oxygens (including phenoxy) is 1. The number of cyclic esters (lactones) is 1. The first kappa shape index (κ1) is 11.7. The molecule has 1 saturated carbocycles. The van der Waals surface area contributed by atoms with E-state index in [9.17, 15) is 9.90 Å². The predicted octanol–water partition coefficient (Wildman–Crippen LogP) is 1.77. The van der Waals surface area contributed by atoms with Gasteiger partial charge in [-0.3, -0.25) is 0 Å². The van der Waals surface area contributed by atoms with Gasteiger partial charge in [0.1, 0.15) is 0 Å². The van der Waals surface area contributed by atoms with Crippen molar-refractivity contribution in [3.05, 3.63) is 0 Å². The van der Waals surface area contributed by atoms with Crippen LogP contribution in [0.15, 0.2) is 0 Å². The van der Waals surface area contributed by atoms with Gasteiger partial charge in [-0.2, -0.15) is 0 Å². The lowest BCUT2D eigenvalue weighted by atomic mass is 9.79. The van der Waals surface area contributed by atoms with Crippen molar-refractivity contribution in [2.45, 2.75) is 44.6 Å². The smallest absolute Gasteiger partial charge is 0.409 e. The van der Waals surface area contributed by atoms with Crippen LogP contribution in [0, 0.1) is 5.92 Å². The number of rotatable bonds is 2. The second-order valence-corrected chi connectivity index (χ2v) is 5.30. The monoisotopic (exact) mass is 227 g/mol. The zero-order chi connectivity index (χ0) is 11.6. The molecule has 0 spiro atoms. The summed E-state index contributed by atoms with van der Waals surface area (Å²) in [6.45, 7) is 3.90. The van der Waals surface area contributed by atoms with Crippen molar-refractivity contribution in [1.29, 1.82) is 0 Å². The first-order valence-corrected chi connectivity index (χ1v) is 6.23. The van der Waals surface area contributed by atoms with Crippen LogP contribution < -0.4 is 0 Å². The molecule has 4 nitrogen and oxygen atoms in total. The summed E-state index contributed by atoms with van der Waals surface area (Å²) < 4.78 is 4.97. The van der Waals surface area contributed by atoms with Crippen molar-refractivity contribution in [2.24, 2.45) is 5.92 Å². The van der Waals surface area contributed by atoms with Crippen molar-refractivity contribution in [3.8, 4) is 0 Å². The third kappa shape index (κ3) is 2.67. The van der Waals surface area contributed by atoms with E-state index in [4.69, 9.17) is 4.74 Å². The van der Waals surface area contributed by atoms with Gasteiger partial charge in [-0.15, -0.1) is 0 Å². The molecule has 2 fully saturated rings. The first-order valence-electron chi connectivity index (χ1n) is 6.23. The van der Waals surface area contributed by atoms with Crippen molar-refractivity contribution in [3.63, 3.8) is 0 Å². The molecule has 2 rings (SSSR count). The SMILES string of the molecule is CC1CCC(O)(CN2CCCOC2=O)CC1. The van der Waals surface area contributed by atoms with Gasteiger partial charge >= 0.3 is 6.09 Å². The van der Waals surface area contributed by atoms with E-state index >= 15 is 0 Å². The minimum Gasteiger partial charge on any atom is -0.449 e. The Hall–Kier alpha value is -0.770. The number of hydrogen-bond donors (Lipinski definition) is 1. The molecule has 1 saturated heterocycles. The van der Waals surface area contributed by atoms with Crippen LogP contribution in [0.3, 0.4) is 0 Å². The molecule has 1 N–H and O–H groups in total. The van der Waals surface area contributed by atoms with Gasteiger partial charge in [-0.05, 0) is 38.0 Å². The molecule has 1 heterocycles. The highest BCUT2D eigenvalue weighted by atomic mass is 16.6. The van der Waals surface area contributed by atoms with Gasteiger partial charge in [0.25, 0.3) is 0 Å². The molecular weight excluding hydrogens is 206 g/mol. The molecule has 1 aliphatic carbocycles. The molecule has 0 aromatic rings. The lowest BCUT2D eigenvalue weighted by molar-refractivity contribution is -0.0409. The zero-order valence-corrected chi connectivity index (χ0v) is 9.95. The van der Waals surface area contributed by atoms with E-state index in [1.165, 1.54) is 0 Å². The van der Waals surface area contributed by atoms with Crippen LogP contribution in [0.4, 0.5) is 4.79 Å². The number of amides is 1. The van der Waals surface area contributed by atoms with Crippen LogP contribution in [-0.2, 0) is 4.74 Å². The van der Waals surface area contributed by atoms with Crippen molar-refractivity contribution in [2.75, 3.05) is 19.7 Å². The van der Waals surface area contributed by atoms with Crippen LogP contribution in [0.2, 0.25) is 0 Å². The summed E-state index contributed by atoms with van der Waals surface area (Å²) in [6.07, 6.45) is 4.32. The molecule has 92 valence electrons. The second kappa shape index (κ2) is 4.62. The topological polar surface area (TPSA) is 49.8 Å². The van der Waals surface area contributed by atoms with E-state index in [1.54, 1.807) is 4.90 Å². The summed E-state index contributed by atoms with van der Waals surface area (Å²) in [6, 6.07) is 0. The van der Waals surface area contributed by atoms with Gasteiger partial charge in [0.2, 0.25) is 0 Å². The molecule has 0 bridgehead atoms. The second-order valence-electron chi connectivity index (χ2n) is 5.30. The minimum atomic E-state index is -0.678. The van der Waals surface area contributed by atoms with E-state index in [0.717, 1.165) is 38.6 Å². The number of carbonyl (C=O) groups excluding carboxylic acids is 1. The molecule has 0 unspecified atom stereocenters. The molecule has 0 aromatic heterocycles. The molecular formula is C12H21NO3. The van der Waals surface area contributed by atoms with Gasteiger partial charge in [-0.1, -0.05) is 6.92 Å². The van der Waals surface area contributed by atoms with Crippen LogP contribution in [0.5, 0.6) is 0 Å². The Morgan fingerprint density at radius 3 is 2.81 bits per heavy atom. The first-order chi connectivity index (χ1) is 7.59. The van der Waals surface area contributed by atoms with E-state index in [0.29, 0.717) is 19.1 Å². The third-order valence-corrected chi connectivity index (χ3v) is 3.75. The number of aliphatic hydroxyl groups is 1. The number of β-amino-alcohol motifs (C(OH)–C–C–N with tert-alkyl or cyclic N) is 1. The molecule has 0 aromatic carbocycles. The normalized spacial score (nSPS) is 36.0. The number of nitrogens with zero attached hydrogens (tertiary/aromatic N) is 1. The van der Waals surface area contributed by atoms with Crippen LogP contribution in [0.25, 0.3) is 0 Å². The summed E-state index contributed by atoms with van der Waals surface area (Å²) in [5, 5.41) is 10.4. The van der Waals surface area contributed by atoms with Gasteiger partial charge < -0.3 is 14.7 Å².